The minimum Gasteiger partial charge on any atom is -0.447 e. The Morgan fingerprint density at radius 2 is 1.56 bits per heavy atom. The van der Waals surface area contributed by atoms with Crippen LogP contribution in [0.15, 0.2) is 79.0 Å². The van der Waals surface area contributed by atoms with Crippen molar-refractivity contribution >= 4 is 58.5 Å². The summed E-state index contributed by atoms with van der Waals surface area (Å²) < 4.78 is 11.0. The number of nitrogens with one attached hydrogen (secondary N) is 4. The van der Waals surface area contributed by atoms with Crippen LogP contribution >= 0.6 is 0 Å². The summed E-state index contributed by atoms with van der Waals surface area (Å²) >= 11 is 0. The van der Waals surface area contributed by atoms with Gasteiger partial charge in [-0.3, -0.25) is 19.2 Å². The van der Waals surface area contributed by atoms with Gasteiger partial charge in [0.25, 0.3) is 23.5 Å². The Morgan fingerprint density at radius 3 is 2.27 bits per heavy atom. The molecular weight excluding hydrogens is 667 g/mol. The van der Waals surface area contributed by atoms with E-state index < -0.39 is 24.6 Å². The highest BCUT2D eigenvalue weighted by molar-refractivity contribution is 6.64. The Balaban J connectivity index is 1.00. The van der Waals surface area contributed by atoms with Gasteiger partial charge in [0.1, 0.15) is 0 Å². The molecule has 5 rings (SSSR count). The Bertz CT molecular complexity index is 1880. The molecule has 15 heteroatoms. The van der Waals surface area contributed by atoms with Gasteiger partial charge in [-0.25, -0.2) is 4.79 Å². The first-order valence-corrected chi connectivity index (χ1v) is 17.2. The van der Waals surface area contributed by atoms with Crippen molar-refractivity contribution in [1.29, 1.82) is 0 Å². The lowest BCUT2D eigenvalue weighted by molar-refractivity contribution is -0.130. The lowest BCUT2D eigenvalue weighted by atomic mass is 9.64. The normalized spacial score (nSPS) is 14.2. The standard InChI is InChI=1S/C37H43BN6O8/c1-25-24-43(35(47)26-8-4-3-5-9-26)16-17-44(25)36(48)33(45)30-23-41-32-29(30)12-7-13-31(32)42-37(49)40-15-19-52-21-20-51-18-14-39-34(46)27-10-6-11-28(22-27)38(2)50/h3-13,22-23,25,41,50H,14-21,24H2,1-2H3,(H,39,46)(H2,40,42,49)/t25-/m1/s1. The summed E-state index contributed by atoms with van der Waals surface area (Å²) in [6, 6.07) is 20.0. The van der Waals surface area contributed by atoms with Gasteiger partial charge in [0.15, 0.2) is 0 Å². The van der Waals surface area contributed by atoms with Gasteiger partial charge in [0.05, 0.1) is 43.2 Å². The summed E-state index contributed by atoms with van der Waals surface area (Å²) in [5.74, 6) is -1.69. The molecule has 1 aliphatic rings. The van der Waals surface area contributed by atoms with Gasteiger partial charge in [0, 0.05) is 61.5 Å². The number of aromatic amines is 1. The number of rotatable bonds is 15. The minimum absolute atomic E-state index is 0.113. The number of urea groups is 1. The first-order chi connectivity index (χ1) is 25.1. The molecule has 1 aliphatic heterocycles. The zero-order valence-electron chi connectivity index (χ0n) is 29.2. The largest absolute Gasteiger partial charge is 0.447 e. The minimum atomic E-state index is -0.673. The van der Waals surface area contributed by atoms with E-state index in [4.69, 9.17) is 9.47 Å². The molecule has 0 spiro atoms. The maximum absolute atomic E-state index is 13.4. The summed E-state index contributed by atoms with van der Waals surface area (Å²) in [5, 5.41) is 18.4. The number of para-hydroxylation sites is 1. The van der Waals surface area contributed by atoms with Crippen LogP contribution in [-0.4, -0.2) is 121 Å². The number of hydrogen-bond acceptors (Lipinski definition) is 8. The molecule has 5 N–H and O–H groups in total. The molecule has 0 saturated carbocycles. The lowest BCUT2D eigenvalue weighted by Gasteiger charge is -2.39. The molecule has 1 fully saturated rings. The van der Waals surface area contributed by atoms with Crippen molar-refractivity contribution < 1.29 is 38.5 Å². The third kappa shape index (κ3) is 9.63. The first kappa shape index (κ1) is 37.7. The van der Waals surface area contributed by atoms with Crippen molar-refractivity contribution in [2.75, 3.05) is 64.5 Å². The number of ketones is 1. The number of anilines is 1. The molecule has 0 bridgehead atoms. The molecule has 1 saturated heterocycles. The molecule has 0 radical (unpaired) electrons. The highest BCUT2D eigenvalue weighted by Crippen LogP contribution is 2.27. The number of carbonyl (C=O) groups excluding carboxylic acids is 5. The van der Waals surface area contributed by atoms with Gasteiger partial charge in [-0.2, -0.15) is 0 Å². The van der Waals surface area contributed by atoms with Gasteiger partial charge < -0.3 is 45.2 Å². The molecule has 272 valence electrons. The zero-order valence-corrected chi connectivity index (χ0v) is 29.2. The van der Waals surface area contributed by atoms with Gasteiger partial charge in [0.2, 0.25) is 0 Å². The highest BCUT2D eigenvalue weighted by Gasteiger charge is 2.34. The van der Waals surface area contributed by atoms with Gasteiger partial charge in [-0.1, -0.05) is 55.4 Å². The maximum Gasteiger partial charge on any atom is 0.320 e. The first-order valence-electron chi connectivity index (χ1n) is 17.2. The van der Waals surface area contributed by atoms with E-state index in [1.807, 2.05) is 13.0 Å². The topological polar surface area (TPSA) is 182 Å². The number of amides is 5. The van der Waals surface area contributed by atoms with Crippen LogP contribution in [0, 0.1) is 0 Å². The van der Waals surface area contributed by atoms with Crippen molar-refractivity contribution in [2.24, 2.45) is 0 Å². The fourth-order valence-electron chi connectivity index (χ4n) is 5.90. The van der Waals surface area contributed by atoms with Crippen molar-refractivity contribution in [1.82, 2.24) is 25.4 Å². The van der Waals surface area contributed by atoms with Crippen LogP contribution in [0.4, 0.5) is 10.5 Å². The molecule has 4 aromatic rings. The molecule has 1 aromatic heterocycles. The average molecular weight is 711 g/mol. The third-order valence-corrected chi connectivity index (χ3v) is 8.67. The molecule has 14 nitrogen and oxygen atoms in total. The Hall–Kier alpha value is -5.51. The summed E-state index contributed by atoms with van der Waals surface area (Å²) in [6.45, 7) is 5.35. The number of benzene rings is 3. The van der Waals surface area contributed by atoms with Crippen LogP contribution < -0.4 is 21.4 Å². The fourth-order valence-corrected chi connectivity index (χ4v) is 5.90. The Morgan fingerprint density at radius 1 is 0.865 bits per heavy atom. The van der Waals surface area contributed by atoms with E-state index in [0.29, 0.717) is 72.6 Å². The number of Topliss-reactive ketones (excluding diaryl/α,β-unsaturated/α-hetero) is 1. The molecule has 0 unspecified atom stereocenters. The second kappa shape index (κ2) is 18.1. The predicted molar refractivity (Wildman–Crippen MR) is 197 cm³/mol. The summed E-state index contributed by atoms with van der Waals surface area (Å²) in [5.41, 5.74) is 2.83. The molecule has 3 aromatic carbocycles. The zero-order chi connectivity index (χ0) is 37.0. The van der Waals surface area contributed by atoms with E-state index in [0.717, 1.165) is 0 Å². The maximum atomic E-state index is 13.4. The molecule has 52 heavy (non-hydrogen) atoms. The number of nitrogens with zero attached hydrogens (tertiary/aromatic N) is 2. The second-order valence-electron chi connectivity index (χ2n) is 12.4. The van der Waals surface area contributed by atoms with Crippen molar-refractivity contribution in [3.63, 3.8) is 0 Å². The third-order valence-electron chi connectivity index (χ3n) is 8.67. The molecule has 1 atom stereocenters. The number of piperazine rings is 1. The molecule has 2 heterocycles. The number of fused-ring (bicyclic) bond motifs is 1. The number of H-pyrrole nitrogens is 1. The van der Waals surface area contributed by atoms with E-state index in [9.17, 15) is 29.0 Å². The number of aromatic nitrogens is 1. The van der Waals surface area contributed by atoms with Gasteiger partial charge >= 0.3 is 12.9 Å². The SMILES string of the molecule is CB(O)c1cccc(C(=O)NCCOCCOCCNC(=O)Nc2cccc3c(C(=O)C(=O)N4CCN(C(=O)c5ccccc5)C[C@H]4C)c[nH]c23)c1. The fraction of sp³-hybridized carbons (Fsp3) is 0.324. The number of hydrogen-bond donors (Lipinski definition) is 5. The van der Waals surface area contributed by atoms with Gasteiger partial charge in [-0.15, -0.1) is 0 Å². The number of ether oxygens (including phenoxy) is 2. The predicted octanol–water partition coefficient (Wildman–Crippen LogP) is 2.13. The van der Waals surface area contributed by atoms with E-state index >= 15 is 0 Å². The Labute approximate surface area is 301 Å². The summed E-state index contributed by atoms with van der Waals surface area (Å²) in [4.78, 5) is 70.8. The van der Waals surface area contributed by atoms with E-state index in [1.165, 1.54) is 11.1 Å². The summed E-state index contributed by atoms with van der Waals surface area (Å²) in [7, 11) is 0. The van der Waals surface area contributed by atoms with Gasteiger partial charge in [-0.05, 0) is 36.7 Å². The van der Waals surface area contributed by atoms with E-state index in [1.54, 1.807) is 78.5 Å². The number of carbonyl (C=O) groups is 5. The quantitative estimate of drug-likeness (QED) is 0.0538. The second-order valence-corrected chi connectivity index (χ2v) is 12.4. The summed E-state index contributed by atoms with van der Waals surface area (Å²) in [6.07, 6.45) is 1.47. The molecule has 5 amide bonds. The van der Waals surface area contributed by atoms with Crippen LogP contribution in [-0.2, 0) is 14.3 Å². The van der Waals surface area contributed by atoms with Crippen LogP contribution in [0.1, 0.15) is 38.0 Å². The van der Waals surface area contributed by atoms with Crippen molar-refractivity contribution in [2.45, 2.75) is 19.8 Å². The Kier molecular flexibility index (Phi) is 13.2. The van der Waals surface area contributed by atoms with E-state index in [-0.39, 0.29) is 43.1 Å². The van der Waals surface area contributed by atoms with Crippen molar-refractivity contribution in [3.8, 4) is 0 Å². The van der Waals surface area contributed by atoms with Crippen LogP contribution in [0.3, 0.4) is 0 Å². The van der Waals surface area contributed by atoms with Crippen LogP contribution in [0.5, 0.6) is 0 Å². The van der Waals surface area contributed by atoms with Crippen LogP contribution in [0.25, 0.3) is 10.9 Å². The monoisotopic (exact) mass is 710 g/mol. The molecule has 0 aliphatic carbocycles. The smallest absolute Gasteiger partial charge is 0.320 e. The van der Waals surface area contributed by atoms with Crippen LogP contribution in [0.2, 0.25) is 6.82 Å². The van der Waals surface area contributed by atoms with E-state index in [2.05, 4.69) is 20.9 Å². The highest BCUT2D eigenvalue weighted by atomic mass is 16.5. The lowest BCUT2D eigenvalue weighted by Crippen LogP contribution is -2.56. The average Bonchev–Trinajstić information content (AvgIpc) is 3.60. The molecular formula is C37H43BN6O8. The van der Waals surface area contributed by atoms with Crippen molar-refractivity contribution in [3.05, 3.63) is 95.7 Å².